The molecule has 21 heavy (non-hydrogen) atoms. The minimum Gasteiger partial charge on any atom is -0.294 e. The number of anilines is 2. The molecule has 2 amide bonds. The van der Waals surface area contributed by atoms with E-state index in [0.717, 1.165) is 31.5 Å². The molecule has 2 aromatic rings. The summed E-state index contributed by atoms with van der Waals surface area (Å²) in [7, 11) is 1.71. The molecule has 5 nitrogen and oxygen atoms in total. The highest BCUT2D eigenvalue weighted by Crippen LogP contribution is 2.27. The van der Waals surface area contributed by atoms with Crippen molar-refractivity contribution >= 4 is 17.7 Å². The minimum absolute atomic E-state index is 0.0875. The van der Waals surface area contributed by atoms with Crippen molar-refractivity contribution in [2.45, 2.75) is 19.3 Å². The fourth-order valence-corrected chi connectivity index (χ4v) is 2.62. The second kappa shape index (κ2) is 5.91. The fraction of sp³-hybridized carbons (Fsp3) is 0.312. The smallest absolute Gasteiger partial charge is 0.294 e. The zero-order chi connectivity index (χ0) is 14.7. The summed E-state index contributed by atoms with van der Waals surface area (Å²) in [5.74, 6) is 0.421. The predicted octanol–water partition coefficient (Wildman–Crippen LogP) is 2.88. The second-order valence-corrected chi connectivity index (χ2v) is 5.13. The van der Waals surface area contributed by atoms with Gasteiger partial charge in [-0.2, -0.15) is 0 Å². The molecule has 3 rings (SSSR count). The van der Waals surface area contributed by atoms with Crippen molar-refractivity contribution in [2.24, 2.45) is 0 Å². The standard InChI is InChI=1S/C16H18N4O/c1-19(15-17-10-6-11-18-15)16(21)20-12-5-4-8-13-7-2-3-9-14(13)20/h2-3,6-7,9-11H,4-5,8,12H2,1H3. The molecule has 5 heteroatoms. The monoisotopic (exact) mass is 282 g/mol. The van der Waals surface area contributed by atoms with E-state index in [4.69, 9.17) is 0 Å². The molecule has 0 atom stereocenters. The fourth-order valence-electron chi connectivity index (χ4n) is 2.62. The maximum Gasteiger partial charge on any atom is 0.331 e. The van der Waals surface area contributed by atoms with Crippen molar-refractivity contribution in [1.82, 2.24) is 9.97 Å². The van der Waals surface area contributed by atoms with Crippen LogP contribution in [0.1, 0.15) is 18.4 Å². The first kappa shape index (κ1) is 13.5. The number of amides is 2. The lowest BCUT2D eigenvalue weighted by molar-refractivity contribution is 0.252. The van der Waals surface area contributed by atoms with Crippen LogP contribution >= 0.6 is 0 Å². The van der Waals surface area contributed by atoms with E-state index in [1.165, 1.54) is 10.5 Å². The topological polar surface area (TPSA) is 49.3 Å². The van der Waals surface area contributed by atoms with Gasteiger partial charge in [0, 0.05) is 31.7 Å². The molecule has 2 heterocycles. The molecule has 1 aromatic heterocycles. The van der Waals surface area contributed by atoms with Crippen molar-refractivity contribution in [3.8, 4) is 0 Å². The van der Waals surface area contributed by atoms with Crippen LogP contribution in [-0.2, 0) is 6.42 Å². The molecule has 0 saturated heterocycles. The quantitative estimate of drug-likeness (QED) is 0.808. The Balaban J connectivity index is 1.91. The zero-order valence-corrected chi connectivity index (χ0v) is 12.1. The number of fused-ring (bicyclic) bond motifs is 1. The van der Waals surface area contributed by atoms with Gasteiger partial charge in [0.2, 0.25) is 5.95 Å². The van der Waals surface area contributed by atoms with Crippen LogP contribution in [0.15, 0.2) is 42.7 Å². The van der Waals surface area contributed by atoms with Crippen LogP contribution in [0.5, 0.6) is 0 Å². The summed E-state index contributed by atoms with van der Waals surface area (Å²) in [6, 6.07) is 9.76. The Bertz CT molecular complexity index is 629. The molecule has 0 radical (unpaired) electrons. The zero-order valence-electron chi connectivity index (χ0n) is 12.1. The van der Waals surface area contributed by atoms with Crippen LogP contribution in [0.4, 0.5) is 16.4 Å². The molecule has 0 bridgehead atoms. The third kappa shape index (κ3) is 2.72. The second-order valence-electron chi connectivity index (χ2n) is 5.13. The number of para-hydroxylation sites is 1. The minimum atomic E-state index is -0.0875. The van der Waals surface area contributed by atoms with Gasteiger partial charge in [-0.05, 0) is 37.0 Å². The van der Waals surface area contributed by atoms with Gasteiger partial charge in [-0.1, -0.05) is 18.2 Å². The summed E-state index contributed by atoms with van der Waals surface area (Å²) in [6.07, 6.45) is 6.41. The number of aryl methyl sites for hydroxylation is 1. The third-order valence-corrected chi connectivity index (χ3v) is 3.73. The molecule has 0 fully saturated rings. The number of carbonyl (C=O) groups excluding carboxylic acids is 1. The van der Waals surface area contributed by atoms with Crippen LogP contribution in [0.3, 0.4) is 0 Å². The van der Waals surface area contributed by atoms with E-state index in [1.54, 1.807) is 25.5 Å². The molecule has 0 unspecified atom stereocenters. The molecule has 1 aliphatic heterocycles. The van der Waals surface area contributed by atoms with Crippen LogP contribution in [-0.4, -0.2) is 29.6 Å². The Morgan fingerprint density at radius 1 is 1.14 bits per heavy atom. The van der Waals surface area contributed by atoms with Gasteiger partial charge in [0.15, 0.2) is 0 Å². The lowest BCUT2D eigenvalue weighted by Gasteiger charge is -2.27. The highest BCUT2D eigenvalue weighted by Gasteiger charge is 2.25. The van der Waals surface area contributed by atoms with Gasteiger partial charge in [0.25, 0.3) is 0 Å². The Hall–Kier alpha value is -2.43. The molecule has 1 aliphatic rings. The highest BCUT2D eigenvalue weighted by atomic mass is 16.2. The van der Waals surface area contributed by atoms with E-state index in [1.807, 2.05) is 23.1 Å². The number of urea groups is 1. The number of carbonyl (C=O) groups is 1. The average Bonchev–Trinajstić information content (AvgIpc) is 2.77. The van der Waals surface area contributed by atoms with Gasteiger partial charge in [-0.25, -0.2) is 14.8 Å². The first-order valence-corrected chi connectivity index (χ1v) is 7.17. The van der Waals surface area contributed by atoms with Crippen molar-refractivity contribution in [3.05, 3.63) is 48.3 Å². The van der Waals surface area contributed by atoms with Crippen molar-refractivity contribution in [3.63, 3.8) is 0 Å². The number of aromatic nitrogens is 2. The van der Waals surface area contributed by atoms with E-state index >= 15 is 0 Å². The van der Waals surface area contributed by atoms with E-state index in [9.17, 15) is 4.79 Å². The van der Waals surface area contributed by atoms with Crippen LogP contribution < -0.4 is 9.80 Å². The van der Waals surface area contributed by atoms with Crippen LogP contribution in [0.25, 0.3) is 0 Å². The summed E-state index contributed by atoms with van der Waals surface area (Å²) in [4.78, 5) is 24.4. The number of nitrogens with zero attached hydrogens (tertiary/aromatic N) is 4. The summed E-state index contributed by atoms with van der Waals surface area (Å²) in [5, 5.41) is 0. The van der Waals surface area contributed by atoms with E-state index in [-0.39, 0.29) is 6.03 Å². The number of hydrogen-bond acceptors (Lipinski definition) is 3. The van der Waals surface area contributed by atoms with Gasteiger partial charge in [0.05, 0.1) is 0 Å². The van der Waals surface area contributed by atoms with Crippen molar-refractivity contribution < 1.29 is 4.79 Å². The maximum atomic E-state index is 12.8. The SMILES string of the molecule is CN(C(=O)N1CCCCc2ccccc21)c1ncccn1. The summed E-state index contributed by atoms with van der Waals surface area (Å²) in [5.41, 5.74) is 2.23. The summed E-state index contributed by atoms with van der Waals surface area (Å²) in [6.45, 7) is 0.729. The first-order valence-electron chi connectivity index (χ1n) is 7.17. The molecule has 0 aliphatic carbocycles. The van der Waals surface area contributed by atoms with Gasteiger partial charge in [0.1, 0.15) is 0 Å². The normalized spacial score (nSPS) is 14.2. The molecular weight excluding hydrogens is 264 g/mol. The van der Waals surface area contributed by atoms with E-state index < -0.39 is 0 Å². The van der Waals surface area contributed by atoms with Gasteiger partial charge in [-0.3, -0.25) is 9.80 Å². The number of rotatable bonds is 1. The van der Waals surface area contributed by atoms with Gasteiger partial charge < -0.3 is 0 Å². The predicted molar refractivity (Wildman–Crippen MR) is 82.6 cm³/mol. The molecular formula is C16H18N4O. The number of benzene rings is 1. The van der Waals surface area contributed by atoms with Gasteiger partial charge >= 0.3 is 6.03 Å². The molecule has 108 valence electrons. The summed E-state index contributed by atoms with van der Waals surface area (Å²) < 4.78 is 0. The molecule has 0 spiro atoms. The average molecular weight is 282 g/mol. The Morgan fingerprint density at radius 2 is 1.90 bits per heavy atom. The van der Waals surface area contributed by atoms with E-state index in [0.29, 0.717) is 5.95 Å². The maximum absolute atomic E-state index is 12.8. The largest absolute Gasteiger partial charge is 0.331 e. The van der Waals surface area contributed by atoms with Crippen molar-refractivity contribution in [2.75, 3.05) is 23.4 Å². The Morgan fingerprint density at radius 3 is 2.71 bits per heavy atom. The third-order valence-electron chi connectivity index (χ3n) is 3.73. The molecule has 1 aromatic carbocycles. The first-order chi connectivity index (χ1) is 10.3. The van der Waals surface area contributed by atoms with Crippen molar-refractivity contribution in [1.29, 1.82) is 0 Å². The Labute approximate surface area is 124 Å². The summed E-state index contributed by atoms with van der Waals surface area (Å²) >= 11 is 0. The molecule has 0 saturated carbocycles. The molecule has 0 N–H and O–H groups in total. The number of hydrogen-bond donors (Lipinski definition) is 0. The van der Waals surface area contributed by atoms with Crippen LogP contribution in [0.2, 0.25) is 0 Å². The lowest BCUT2D eigenvalue weighted by atomic mass is 10.1. The highest BCUT2D eigenvalue weighted by molar-refractivity contribution is 6.02. The lowest BCUT2D eigenvalue weighted by Crippen LogP contribution is -2.42. The van der Waals surface area contributed by atoms with Gasteiger partial charge in [-0.15, -0.1) is 0 Å². The Kier molecular flexibility index (Phi) is 3.81. The van der Waals surface area contributed by atoms with E-state index in [2.05, 4.69) is 16.0 Å². The van der Waals surface area contributed by atoms with Crippen LogP contribution in [0, 0.1) is 0 Å².